The Kier molecular flexibility index (Phi) is 2.84. The van der Waals surface area contributed by atoms with E-state index in [-0.39, 0.29) is 5.56 Å². The zero-order valence-electron chi connectivity index (χ0n) is 8.03. The second kappa shape index (κ2) is 3.89. The summed E-state index contributed by atoms with van der Waals surface area (Å²) in [4.78, 5) is 13.5. The Morgan fingerprint density at radius 3 is 2.85 bits per heavy atom. The molecule has 2 rings (SSSR count). The highest BCUT2D eigenvalue weighted by Crippen LogP contribution is 2.01. The number of H-pyrrole nitrogens is 1. The minimum atomic E-state index is -0.0962. The van der Waals surface area contributed by atoms with Crippen LogP contribution < -0.4 is 5.56 Å². The molecule has 4 heteroatoms. The maximum atomic E-state index is 10.8. The van der Waals surface area contributed by atoms with Crippen LogP contribution >= 0.6 is 0 Å². The summed E-state index contributed by atoms with van der Waals surface area (Å²) in [7, 11) is 0. The molecule has 0 aliphatic heterocycles. The lowest BCUT2D eigenvalue weighted by molar-refractivity contribution is 0.931. The fraction of sp³-hybridized carbons (Fsp3) is 0.333. The summed E-state index contributed by atoms with van der Waals surface area (Å²) in [6.07, 6.45) is 3.35. The van der Waals surface area contributed by atoms with Gasteiger partial charge in [-0.15, -0.1) is 0 Å². The van der Waals surface area contributed by atoms with Crippen molar-refractivity contribution in [2.75, 3.05) is 0 Å². The minimum Gasteiger partial charge on any atom is -0.307 e. The Labute approximate surface area is 76.2 Å². The molecule has 1 N–H and O–H groups in total. The molecule has 0 saturated heterocycles. The Morgan fingerprint density at radius 1 is 1.46 bits per heavy atom. The first-order valence-electron chi connectivity index (χ1n) is 4.30. The molecule has 0 unspecified atom stereocenters. The largest absolute Gasteiger partial charge is 0.307 e. The van der Waals surface area contributed by atoms with Gasteiger partial charge in [0, 0.05) is 17.8 Å². The molecule has 4 nitrogen and oxygen atoms in total. The number of nitrogens with zero attached hydrogens (tertiary/aromatic N) is 2. The summed E-state index contributed by atoms with van der Waals surface area (Å²) < 4.78 is 1.64. The van der Waals surface area contributed by atoms with Gasteiger partial charge in [-0.25, -0.2) is 4.52 Å². The number of aryl methyl sites for hydroxylation is 1. The zero-order valence-corrected chi connectivity index (χ0v) is 8.03. The third kappa shape index (κ3) is 1.77. The van der Waals surface area contributed by atoms with Crippen LogP contribution in [0.3, 0.4) is 0 Å². The van der Waals surface area contributed by atoms with Gasteiger partial charge < -0.3 is 4.98 Å². The lowest BCUT2D eigenvalue weighted by Gasteiger charge is -1.90. The predicted molar refractivity (Wildman–Crippen MR) is 51.9 cm³/mol. The Balaban J connectivity index is 0.000000396. The molecule has 0 amide bonds. The number of hydrogen-bond acceptors (Lipinski definition) is 2. The van der Waals surface area contributed by atoms with Crippen LogP contribution in [0.4, 0.5) is 0 Å². The molecule has 0 saturated carbocycles. The quantitative estimate of drug-likeness (QED) is 0.663. The van der Waals surface area contributed by atoms with Crippen LogP contribution in [-0.2, 0) is 0 Å². The van der Waals surface area contributed by atoms with E-state index in [0.29, 0.717) is 0 Å². The molecule has 70 valence electrons. The van der Waals surface area contributed by atoms with Crippen molar-refractivity contribution in [1.82, 2.24) is 14.6 Å². The van der Waals surface area contributed by atoms with Crippen molar-refractivity contribution in [3.05, 3.63) is 34.4 Å². The molecular formula is C9H13N3O. The van der Waals surface area contributed by atoms with E-state index < -0.39 is 0 Å². The number of nitrogens with one attached hydrogen (secondary N) is 1. The minimum absolute atomic E-state index is 0.0962. The van der Waals surface area contributed by atoms with Gasteiger partial charge in [-0.1, -0.05) is 13.8 Å². The van der Waals surface area contributed by atoms with Gasteiger partial charge in [0.2, 0.25) is 0 Å². The summed E-state index contributed by atoms with van der Waals surface area (Å²) in [6.45, 7) is 5.90. The SMILES string of the molecule is CC.Cc1cnn2ccc(=O)[nH]c12. The van der Waals surface area contributed by atoms with Gasteiger partial charge in [-0.2, -0.15) is 5.10 Å². The van der Waals surface area contributed by atoms with Crippen LogP contribution in [0.5, 0.6) is 0 Å². The van der Waals surface area contributed by atoms with Gasteiger partial charge >= 0.3 is 0 Å². The van der Waals surface area contributed by atoms with E-state index in [1.807, 2.05) is 20.8 Å². The van der Waals surface area contributed by atoms with Gasteiger partial charge in [0.15, 0.2) is 0 Å². The first kappa shape index (κ1) is 9.51. The first-order valence-corrected chi connectivity index (χ1v) is 4.30. The molecule has 2 heterocycles. The molecule has 0 bridgehead atoms. The van der Waals surface area contributed by atoms with E-state index in [2.05, 4.69) is 10.1 Å². The fourth-order valence-electron chi connectivity index (χ4n) is 1.01. The van der Waals surface area contributed by atoms with Crippen LogP contribution in [0.25, 0.3) is 5.65 Å². The molecular weight excluding hydrogens is 166 g/mol. The van der Waals surface area contributed by atoms with Crippen molar-refractivity contribution in [2.45, 2.75) is 20.8 Å². The highest BCUT2D eigenvalue weighted by Gasteiger charge is 1.97. The number of fused-ring (bicyclic) bond motifs is 1. The Bertz CT molecular complexity index is 441. The lowest BCUT2D eigenvalue weighted by atomic mass is 10.4. The molecule has 0 atom stereocenters. The fourth-order valence-corrected chi connectivity index (χ4v) is 1.01. The van der Waals surface area contributed by atoms with Crippen LogP contribution in [0.1, 0.15) is 19.4 Å². The third-order valence-corrected chi connectivity index (χ3v) is 1.59. The highest BCUT2D eigenvalue weighted by atomic mass is 16.1. The monoisotopic (exact) mass is 179 g/mol. The number of rotatable bonds is 0. The molecule has 0 radical (unpaired) electrons. The molecule has 0 aliphatic carbocycles. The Morgan fingerprint density at radius 2 is 2.15 bits per heavy atom. The van der Waals surface area contributed by atoms with E-state index >= 15 is 0 Å². The number of aromatic nitrogens is 3. The maximum Gasteiger partial charge on any atom is 0.251 e. The van der Waals surface area contributed by atoms with E-state index in [0.717, 1.165) is 11.2 Å². The molecule has 2 aromatic rings. The van der Waals surface area contributed by atoms with Crippen LogP contribution in [-0.4, -0.2) is 14.6 Å². The third-order valence-electron chi connectivity index (χ3n) is 1.59. The molecule has 0 spiro atoms. The standard InChI is InChI=1S/C7H7N3O.C2H6/c1-5-4-8-10-3-2-6(11)9-7(5)10;1-2/h2-4H,1H3,(H,9,11);1-2H3. The smallest absolute Gasteiger partial charge is 0.251 e. The van der Waals surface area contributed by atoms with Crippen molar-refractivity contribution in [2.24, 2.45) is 0 Å². The van der Waals surface area contributed by atoms with Gasteiger partial charge in [-0.05, 0) is 6.92 Å². The zero-order chi connectivity index (χ0) is 9.84. The average molecular weight is 179 g/mol. The molecule has 13 heavy (non-hydrogen) atoms. The summed E-state index contributed by atoms with van der Waals surface area (Å²) in [5.41, 5.74) is 1.64. The van der Waals surface area contributed by atoms with Crippen molar-refractivity contribution in [1.29, 1.82) is 0 Å². The summed E-state index contributed by atoms with van der Waals surface area (Å²) in [6, 6.07) is 1.44. The van der Waals surface area contributed by atoms with E-state index in [4.69, 9.17) is 0 Å². The van der Waals surface area contributed by atoms with E-state index in [9.17, 15) is 4.79 Å². The lowest BCUT2D eigenvalue weighted by Crippen LogP contribution is -2.05. The molecule has 2 aromatic heterocycles. The Hall–Kier alpha value is -1.58. The molecule has 0 fully saturated rings. The average Bonchev–Trinajstić information content (AvgIpc) is 2.52. The normalized spacial score (nSPS) is 9.46. The summed E-state index contributed by atoms with van der Waals surface area (Å²) in [5, 5.41) is 4.01. The second-order valence-corrected chi connectivity index (χ2v) is 2.43. The number of hydrogen-bond donors (Lipinski definition) is 1. The van der Waals surface area contributed by atoms with E-state index in [1.54, 1.807) is 16.9 Å². The maximum absolute atomic E-state index is 10.8. The topological polar surface area (TPSA) is 50.2 Å². The van der Waals surface area contributed by atoms with Gasteiger partial charge in [0.05, 0.1) is 6.20 Å². The highest BCUT2D eigenvalue weighted by molar-refractivity contribution is 5.44. The number of aromatic amines is 1. The molecule has 0 aliphatic rings. The molecule has 0 aromatic carbocycles. The van der Waals surface area contributed by atoms with Crippen LogP contribution in [0, 0.1) is 6.92 Å². The first-order chi connectivity index (χ1) is 6.27. The van der Waals surface area contributed by atoms with Crippen molar-refractivity contribution >= 4 is 5.65 Å². The summed E-state index contributed by atoms with van der Waals surface area (Å²) in [5.74, 6) is 0. The van der Waals surface area contributed by atoms with Crippen molar-refractivity contribution in [3.8, 4) is 0 Å². The van der Waals surface area contributed by atoms with Gasteiger partial charge in [0.25, 0.3) is 5.56 Å². The van der Waals surface area contributed by atoms with Gasteiger partial charge in [0.1, 0.15) is 5.65 Å². The van der Waals surface area contributed by atoms with Crippen molar-refractivity contribution in [3.63, 3.8) is 0 Å². The van der Waals surface area contributed by atoms with E-state index in [1.165, 1.54) is 6.07 Å². The van der Waals surface area contributed by atoms with Crippen LogP contribution in [0.2, 0.25) is 0 Å². The van der Waals surface area contributed by atoms with Gasteiger partial charge in [-0.3, -0.25) is 4.79 Å². The predicted octanol–water partition coefficient (Wildman–Crippen LogP) is 1.36. The summed E-state index contributed by atoms with van der Waals surface area (Å²) >= 11 is 0. The van der Waals surface area contributed by atoms with Crippen LogP contribution in [0.15, 0.2) is 23.3 Å². The van der Waals surface area contributed by atoms with Crippen molar-refractivity contribution < 1.29 is 0 Å². The second-order valence-electron chi connectivity index (χ2n) is 2.43.